The van der Waals surface area contributed by atoms with Crippen molar-refractivity contribution in [1.29, 1.82) is 0 Å². The predicted molar refractivity (Wildman–Crippen MR) is 159 cm³/mol. The molecule has 0 saturated heterocycles. The topological polar surface area (TPSA) is 56.5 Å². The van der Waals surface area contributed by atoms with E-state index in [2.05, 4.69) is 78.7 Å². The Bertz CT molecular complexity index is 1670. The van der Waals surface area contributed by atoms with Crippen molar-refractivity contribution in [3.63, 3.8) is 0 Å². The number of rotatable bonds is 8. The summed E-state index contributed by atoms with van der Waals surface area (Å²) in [5.74, 6) is -0.239. The molecule has 4 aromatic rings. The van der Waals surface area contributed by atoms with Gasteiger partial charge >= 0.3 is 0 Å². The van der Waals surface area contributed by atoms with Crippen LogP contribution in [-0.4, -0.2) is 21.2 Å². The number of aromatic nitrogens is 3. The third kappa shape index (κ3) is 5.78. The maximum atomic E-state index is 14.1. The fourth-order valence-corrected chi connectivity index (χ4v) is 4.56. The van der Waals surface area contributed by atoms with Crippen LogP contribution in [-0.2, 0) is 0 Å². The third-order valence-corrected chi connectivity index (χ3v) is 6.42. The maximum absolute atomic E-state index is 14.1. The largest absolute Gasteiger partial charge is 0.383 e. The smallest absolute Gasteiger partial charge is 0.124 e. The minimum Gasteiger partial charge on any atom is -0.383 e. The van der Waals surface area contributed by atoms with Crippen molar-refractivity contribution in [3.8, 4) is 22.5 Å². The number of aromatic amines is 2. The highest BCUT2D eigenvalue weighted by molar-refractivity contribution is 5.98. The van der Waals surface area contributed by atoms with Crippen LogP contribution in [0.5, 0.6) is 0 Å². The lowest BCUT2D eigenvalue weighted by molar-refractivity contribution is 0.627. The first-order valence-corrected chi connectivity index (χ1v) is 12.8. The molecule has 4 nitrogen and oxygen atoms in total. The minimum absolute atomic E-state index is 0.239. The van der Waals surface area contributed by atoms with E-state index in [1.165, 1.54) is 6.07 Å². The lowest BCUT2D eigenvalue weighted by atomic mass is 10.00. The Morgan fingerprint density at radius 1 is 1.16 bits per heavy atom. The highest BCUT2D eigenvalue weighted by Gasteiger charge is 2.12. The number of nitrogens with one attached hydrogen (secondary N) is 3. The molecule has 0 aliphatic carbocycles. The Labute approximate surface area is 223 Å². The number of hydrogen-bond donors (Lipinski definition) is 3. The van der Waals surface area contributed by atoms with E-state index in [9.17, 15) is 4.39 Å². The number of aryl methyl sites for hydroxylation is 1. The standard InChI is InChI=1S/C33H35FN4/c1-8-24(18-27(9-2)35-20(3)4)22(6)13-14-30-23(7)33(38-37-30)32-19-29-28(11-10-12-31(29)36-32)25-15-21(5)16-26(34)17-25/h8-20,35-37H,2,7H2,1,3-6H3/b22-13+,24-8+,27-18+,30-14+. The highest BCUT2D eigenvalue weighted by atomic mass is 19.1. The number of halogens is 1. The van der Waals surface area contributed by atoms with Crippen molar-refractivity contribution in [3.05, 3.63) is 112 Å². The molecule has 38 heavy (non-hydrogen) atoms. The second-order valence-electron chi connectivity index (χ2n) is 9.79. The van der Waals surface area contributed by atoms with E-state index >= 15 is 0 Å². The average Bonchev–Trinajstić information content (AvgIpc) is 3.47. The molecule has 0 atom stereocenters. The Morgan fingerprint density at radius 2 is 1.95 bits per heavy atom. The summed E-state index contributed by atoms with van der Waals surface area (Å²) in [6.07, 6.45) is 10.1. The van der Waals surface area contributed by atoms with Gasteiger partial charge in [-0.2, -0.15) is 5.10 Å². The van der Waals surface area contributed by atoms with Crippen molar-refractivity contribution >= 4 is 23.6 Å². The number of allylic oxidation sites excluding steroid dienone is 6. The third-order valence-electron chi connectivity index (χ3n) is 6.42. The zero-order valence-electron chi connectivity index (χ0n) is 22.7. The van der Waals surface area contributed by atoms with Crippen molar-refractivity contribution in [2.45, 2.75) is 40.7 Å². The quantitative estimate of drug-likeness (QED) is 0.230. The summed E-state index contributed by atoms with van der Waals surface area (Å²) in [4.78, 5) is 3.46. The molecule has 2 aromatic heterocycles. The highest BCUT2D eigenvalue weighted by Crippen LogP contribution is 2.32. The predicted octanol–water partition coefficient (Wildman–Crippen LogP) is 6.82. The Hall–Kier alpha value is -4.38. The van der Waals surface area contributed by atoms with Gasteiger partial charge in [0, 0.05) is 27.9 Å². The molecule has 5 heteroatoms. The summed E-state index contributed by atoms with van der Waals surface area (Å²) >= 11 is 0. The van der Waals surface area contributed by atoms with Crippen molar-refractivity contribution in [2.75, 3.05) is 0 Å². The number of hydrogen-bond acceptors (Lipinski definition) is 2. The van der Waals surface area contributed by atoms with Gasteiger partial charge in [0.15, 0.2) is 0 Å². The molecule has 0 unspecified atom stereocenters. The molecule has 2 heterocycles. The van der Waals surface area contributed by atoms with Gasteiger partial charge in [0.05, 0.1) is 11.0 Å². The fraction of sp³-hybridized carbons (Fsp3) is 0.182. The summed E-state index contributed by atoms with van der Waals surface area (Å²) in [7, 11) is 0. The number of benzene rings is 2. The zero-order chi connectivity index (χ0) is 27.4. The molecule has 4 rings (SSSR count). The first-order valence-electron chi connectivity index (χ1n) is 12.8. The molecule has 0 saturated carbocycles. The lowest BCUT2D eigenvalue weighted by Gasteiger charge is -2.12. The molecule has 0 bridgehead atoms. The van der Waals surface area contributed by atoms with E-state index in [-0.39, 0.29) is 5.82 Å². The molecule has 0 aliphatic heterocycles. The van der Waals surface area contributed by atoms with Gasteiger partial charge in [-0.15, -0.1) is 0 Å². The van der Waals surface area contributed by atoms with E-state index in [0.717, 1.165) is 66.4 Å². The molecule has 0 radical (unpaired) electrons. The monoisotopic (exact) mass is 506 g/mol. The van der Waals surface area contributed by atoms with Gasteiger partial charge in [0.25, 0.3) is 0 Å². The SMILES string of the molecule is C=C\C(=C/C(=C\C)C(/C)=C/C=c1/[nH]nc(-c2cc3c(-c4cc(C)cc(F)c4)cccc3[nH]2)c1=C)NC(C)C. The molecule has 0 fully saturated rings. The van der Waals surface area contributed by atoms with Crippen molar-refractivity contribution < 1.29 is 4.39 Å². The maximum Gasteiger partial charge on any atom is 0.124 e. The summed E-state index contributed by atoms with van der Waals surface area (Å²) in [6.45, 7) is 18.4. The Morgan fingerprint density at radius 3 is 2.63 bits per heavy atom. The molecule has 2 aromatic carbocycles. The van der Waals surface area contributed by atoms with Crippen LogP contribution in [0, 0.1) is 12.7 Å². The summed E-state index contributed by atoms with van der Waals surface area (Å²) in [5.41, 5.74) is 8.46. The fourth-order valence-electron chi connectivity index (χ4n) is 4.56. The normalized spacial score (nSPS) is 13.6. The molecule has 3 N–H and O–H groups in total. The van der Waals surface area contributed by atoms with Gasteiger partial charge in [0.2, 0.25) is 0 Å². The molecule has 0 spiro atoms. The van der Waals surface area contributed by atoms with Crippen molar-refractivity contribution in [1.82, 2.24) is 20.5 Å². The summed E-state index contributed by atoms with van der Waals surface area (Å²) in [5, 5.41) is 13.7. The average molecular weight is 507 g/mol. The molecule has 194 valence electrons. The first kappa shape index (κ1) is 26.7. The molecule has 0 amide bonds. The lowest BCUT2D eigenvalue weighted by Crippen LogP contribution is -2.21. The van der Waals surface area contributed by atoms with Gasteiger partial charge in [-0.3, -0.25) is 5.10 Å². The number of H-pyrrole nitrogens is 2. The van der Waals surface area contributed by atoms with Gasteiger partial charge in [-0.05, 0) is 105 Å². The van der Waals surface area contributed by atoms with Crippen LogP contribution >= 0.6 is 0 Å². The van der Waals surface area contributed by atoms with Crippen LogP contribution in [0.15, 0.2) is 90.2 Å². The summed E-state index contributed by atoms with van der Waals surface area (Å²) in [6, 6.07) is 13.5. The molecular weight excluding hydrogens is 471 g/mol. The van der Waals surface area contributed by atoms with E-state index < -0.39 is 0 Å². The number of fused-ring (bicyclic) bond motifs is 1. The van der Waals surface area contributed by atoms with E-state index in [4.69, 9.17) is 0 Å². The first-order chi connectivity index (χ1) is 18.2. The van der Waals surface area contributed by atoms with Crippen LogP contribution in [0.1, 0.15) is 33.3 Å². The van der Waals surface area contributed by atoms with Crippen LogP contribution in [0.2, 0.25) is 0 Å². The summed E-state index contributed by atoms with van der Waals surface area (Å²) < 4.78 is 14.1. The molecule has 0 aliphatic rings. The Kier molecular flexibility index (Phi) is 7.96. The van der Waals surface area contributed by atoms with Crippen LogP contribution in [0.25, 0.3) is 46.1 Å². The molecular formula is C33H35FN4. The second-order valence-corrected chi connectivity index (χ2v) is 9.79. The van der Waals surface area contributed by atoms with Crippen LogP contribution in [0.4, 0.5) is 4.39 Å². The van der Waals surface area contributed by atoms with E-state index in [1.54, 1.807) is 6.07 Å². The minimum atomic E-state index is -0.239. The van der Waals surface area contributed by atoms with E-state index in [0.29, 0.717) is 6.04 Å². The van der Waals surface area contributed by atoms with E-state index in [1.807, 2.05) is 50.3 Å². The van der Waals surface area contributed by atoms with Gasteiger partial charge in [0.1, 0.15) is 11.5 Å². The van der Waals surface area contributed by atoms with Crippen LogP contribution in [0.3, 0.4) is 0 Å². The van der Waals surface area contributed by atoms with Crippen LogP contribution < -0.4 is 15.9 Å². The number of nitrogens with zero attached hydrogens (tertiary/aromatic N) is 1. The second kappa shape index (κ2) is 11.3. The van der Waals surface area contributed by atoms with Gasteiger partial charge < -0.3 is 10.3 Å². The van der Waals surface area contributed by atoms with Crippen molar-refractivity contribution in [2.24, 2.45) is 0 Å². The van der Waals surface area contributed by atoms with Gasteiger partial charge in [-0.1, -0.05) is 43.5 Å². The zero-order valence-corrected chi connectivity index (χ0v) is 22.7. The Balaban J connectivity index is 1.70. The van der Waals surface area contributed by atoms with Gasteiger partial charge in [-0.25, -0.2) is 4.39 Å².